The molecule has 2 rings (SSSR count). The maximum Gasteiger partial charge on any atom is 0.114 e. The smallest absolute Gasteiger partial charge is 0.114 e. The van der Waals surface area contributed by atoms with Gasteiger partial charge in [0.25, 0.3) is 0 Å². The van der Waals surface area contributed by atoms with E-state index in [0.29, 0.717) is 0 Å². The minimum absolute atomic E-state index is 0.00685. The van der Waals surface area contributed by atoms with Crippen molar-refractivity contribution >= 4 is 0 Å². The third-order valence-corrected chi connectivity index (χ3v) is 2.13. The maximum atomic E-state index is 9.20. The topological polar surface area (TPSA) is 32.8 Å². The fraction of sp³-hybridized carbons (Fsp3) is 0.400. The minimum atomic E-state index is -0.366. The second kappa shape index (κ2) is 2.88. The van der Waals surface area contributed by atoms with Gasteiger partial charge in [0.05, 0.1) is 6.10 Å². The highest BCUT2D eigenvalue weighted by Crippen LogP contribution is 2.40. The molecule has 2 heteroatoms. The lowest BCUT2D eigenvalue weighted by Crippen LogP contribution is -2.09. The van der Waals surface area contributed by atoms with E-state index in [4.69, 9.17) is 4.74 Å². The van der Waals surface area contributed by atoms with Gasteiger partial charge >= 0.3 is 0 Å². The van der Waals surface area contributed by atoms with Gasteiger partial charge < -0.3 is 9.84 Å². The third kappa shape index (κ3) is 1.36. The van der Waals surface area contributed by atoms with Crippen LogP contribution in [-0.4, -0.2) is 17.3 Å². The lowest BCUT2D eigenvalue weighted by molar-refractivity contribution is 0.152. The van der Waals surface area contributed by atoms with Gasteiger partial charge in [0.15, 0.2) is 0 Å². The van der Waals surface area contributed by atoms with Crippen molar-refractivity contribution in [3.8, 4) is 0 Å². The number of aliphatic hydroxyl groups excluding tert-OH is 1. The van der Waals surface area contributed by atoms with Crippen molar-refractivity contribution in [2.75, 3.05) is 0 Å². The maximum absolute atomic E-state index is 9.20. The van der Waals surface area contributed by atoms with E-state index in [-0.39, 0.29) is 18.3 Å². The Labute approximate surface area is 71.8 Å². The lowest BCUT2D eigenvalue weighted by atomic mass is 10.1. The summed E-state index contributed by atoms with van der Waals surface area (Å²) in [5.74, 6) is 0. The lowest BCUT2D eigenvalue weighted by Gasteiger charge is -1.97. The van der Waals surface area contributed by atoms with Crippen LogP contribution in [0.3, 0.4) is 0 Å². The molecule has 0 amide bonds. The SMILES string of the molecule is CC(O)C1OC1c1ccccc1. The minimum Gasteiger partial charge on any atom is -0.391 e. The molecule has 1 aromatic rings. The van der Waals surface area contributed by atoms with E-state index in [9.17, 15) is 5.11 Å². The molecule has 3 unspecified atom stereocenters. The number of epoxide rings is 1. The van der Waals surface area contributed by atoms with Crippen molar-refractivity contribution in [1.82, 2.24) is 0 Å². The van der Waals surface area contributed by atoms with Gasteiger partial charge in [0.1, 0.15) is 12.2 Å². The summed E-state index contributed by atoms with van der Waals surface area (Å²) < 4.78 is 5.31. The number of aliphatic hydroxyl groups is 1. The molecule has 0 bridgehead atoms. The molecule has 12 heavy (non-hydrogen) atoms. The molecule has 64 valence electrons. The summed E-state index contributed by atoms with van der Waals surface area (Å²) in [6.07, 6.45) is -0.242. The van der Waals surface area contributed by atoms with Gasteiger partial charge in [-0.2, -0.15) is 0 Å². The normalized spacial score (nSPS) is 29.8. The van der Waals surface area contributed by atoms with Crippen molar-refractivity contribution < 1.29 is 9.84 Å². The number of hydrogen-bond donors (Lipinski definition) is 1. The van der Waals surface area contributed by atoms with E-state index < -0.39 is 0 Å². The van der Waals surface area contributed by atoms with Crippen molar-refractivity contribution in [3.63, 3.8) is 0 Å². The van der Waals surface area contributed by atoms with Crippen LogP contribution in [0.1, 0.15) is 18.6 Å². The Hall–Kier alpha value is -0.860. The van der Waals surface area contributed by atoms with Crippen molar-refractivity contribution in [1.29, 1.82) is 0 Å². The molecule has 0 saturated carbocycles. The first kappa shape index (κ1) is 7.77. The first-order chi connectivity index (χ1) is 5.79. The van der Waals surface area contributed by atoms with Gasteiger partial charge in [-0.1, -0.05) is 30.3 Å². The summed E-state index contributed by atoms with van der Waals surface area (Å²) in [5, 5.41) is 9.20. The monoisotopic (exact) mass is 164 g/mol. The van der Waals surface area contributed by atoms with Gasteiger partial charge in [-0.3, -0.25) is 0 Å². The summed E-state index contributed by atoms with van der Waals surface area (Å²) in [6, 6.07) is 9.98. The molecular weight excluding hydrogens is 152 g/mol. The van der Waals surface area contributed by atoms with E-state index in [1.807, 2.05) is 30.3 Å². The van der Waals surface area contributed by atoms with Crippen molar-refractivity contribution in [2.24, 2.45) is 0 Å². The van der Waals surface area contributed by atoms with Gasteiger partial charge in [0.2, 0.25) is 0 Å². The molecule has 1 saturated heterocycles. The van der Waals surface area contributed by atoms with Crippen LogP contribution in [0.4, 0.5) is 0 Å². The Kier molecular flexibility index (Phi) is 1.87. The number of hydrogen-bond acceptors (Lipinski definition) is 2. The second-order valence-electron chi connectivity index (χ2n) is 3.17. The average molecular weight is 164 g/mol. The fourth-order valence-electron chi connectivity index (χ4n) is 1.40. The summed E-state index contributed by atoms with van der Waals surface area (Å²) in [7, 11) is 0. The highest BCUT2D eigenvalue weighted by atomic mass is 16.6. The van der Waals surface area contributed by atoms with E-state index in [2.05, 4.69) is 0 Å². The molecule has 1 heterocycles. The van der Waals surface area contributed by atoms with Crippen molar-refractivity contribution in [3.05, 3.63) is 35.9 Å². The Morgan fingerprint density at radius 2 is 2.00 bits per heavy atom. The first-order valence-corrected chi connectivity index (χ1v) is 4.17. The number of benzene rings is 1. The van der Waals surface area contributed by atoms with Crippen LogP contribution < -0.4 is 0 Å². The molecule has 3 atom stereocenters. The van der Waals surface area contributed by atoms with Crippen LogP contribution in [0.25, 0.3) is 0 Å². The summed E-state index contributed by atoms with van der Waals surface area (Å²) in [6.45, 7) is 1.76. The van der Waals surface area contributed by atoms with Crippen LogP contribution in [-0.2, 0) is 4.74 Å². The second-order valence-corrected chi connectivity index (χ2v) is 3.17. The van der Waals surface area contributed by atoms with Crippen LogP contribution in [0.2, 0.25) is 0 Å². The van der Waals surface area contributed by atoms with Gasteiger partial charge in [0, 0.05) is 0 Å². The summed E-state index contributed by atoms with van der Waals surface area (Å²) in [5.41, 5.74) is 1.16. The standard InChI is InChI=1S/C10H12O2/c1-7(11)9-10(12-9)8-5-3-2-4-6-8/h2-7,9-11H,1H3. The van der Waals surface area contributed by atoms with E-state index >= 15 is 0 Å². The van der Waals surface area contributed by atoms with Gasteiger partial charge in [-0.15, -0.1) is 0 Å². The van der Waals surface area contributed by atoms with Crippen molar-refractivity contribution in [2.45, 2.75) is 25.2 Å². The Morgan fingerprint density at radius 3 is 2.50 bits per heavy atom. The molecule has 0 spiro atoms. The molecule has 2 nitrogen and oxygen atoms in total. The highest BCUT2D eigenvalue weighted by Gasteiger charge is 2.43. The van der Waals surface area contributed by atoms with Crippen LogP contribution in [0.5, 0.6) is 0 Å². The predicted octanol–water partition coefficient (Wildman–Crippen LogP) is 1.51. The zero-order valence-corrected chi connectivity index (χ0v) is 6.97. The predicted molar refractivity (Wildman–Crippen MR) is 45.7 cm³/mol. The molecule has 1 aromatic carbocycles. The average Bonchev–Trinajstić information content (AvgIpc) is 2.84. The van der Waals surface area contributed by atoms with Crippen LogP contribution >= 0.6 is 0 Å². The molecule has 1 N–H and O–H groups in total. The molecule has 1 fully saturated rings. The molecular formula is C10H12O2. The zero-order valence-electron chi connectivity index (χ0n) is 6.97. The van der Waals surface area contributed by atoms with E-state index in [1.54, 1.807) is 6.92 Å². The van der Waals surface area contributed by atoms with E-state index in [1.165, 1.54) is 0 Å². The molecule has 1 aliphatic heterocycles. The quantitative estimate of drug-likeness (QED) is 0.672. The number of ether oxygens (including phenoxy) is 1. The third-order valence-electron chi connectivity index (χ3n) is 2.13. The Morgan fingerprint density at radius 1 is 1.33 bits per heavy atom. The first-order valence-electron chi connectivity index (χ1n) is 4.17. The zero-order chi connectivity index (χ0) is 8.55. The van der Waals surface area contributed by atoms with Gasteiger partial charge in [-0.05, 0) is 12.5 Å². The Balaban J connectivity index is 2.06. The largest absolute Gasteiger partial charge is 0.391 e. The van der Waals surface area contributed by atoms with Crippen LogP contribution in [0.15, 0.2) is 30.3 Å². The van der Waals surface area contributed by atoms with E-state index in [0.717, 1.165) is 5.56 Å². The summed E-state index contributed by atoms with van der Waals surface area (Å²) >= 11 is 0. The molecule has 1 aliphatic rings. The fourth-order valence-corrected chi connectivity index (χ4v) is 1.40. The highest BCUT2D eigenvalue weighted by molar-refractivity contribution is 5.22. The molecule has 0 aliphatic carbocycles. The number of rotatable bonds is 2. The Bertz CT molecular complexity index is 256. The molecule has 0 radical (unpaired) electrons. The van der Waals surface area contributed by atoms with Crippen LogP contribution in [0, 0.1) is 0 Å². The summed E-state index contributed by atoms with van der Waals surface area (Å²) in [4.78, 5) is 0. The van der Waals surface area contributed by atoms with Gasteiger partial charge in [-0.25, -0.2) is 0 Å². The molecule has 0 aromatic heterocycles.